The molecule has 9 heteroatoms. The maximum atomic E-state index is 12.7. The minimum absolute atomic E-state index is 0.415. The molecule has 0 aromatic carbocycles. The van der Waals surface area contributed by atoms with E-state index < -0.39 is 11.1 Å². The van der Waals surface area contributed by atoms with Crippen LogP contribution in [0.1, 0.15) is 11.8 Å². The monoisotopic (exact) mass is 358 g/mol. The standard InChI is InChI=1S/C15H17F3N4OS/c1-2-23-13-5-3-4-12(20-13)21-6-8-22(9-7-21)14-19-10-11(24-14)15(16,17)18/h3-5,10H,2,6-9H2,1H3. The highest BCUT2D eigenvalue weighted by Gasteiger charge is 2.34. The van der Waals surface area contributed by atoms with E-state index in [4.69, 9.17) is 4.74 Å². The third-order valence-corrected chi connectivity index (χ3v) is 4.75. The molecule has 0 atom stereocenters. The lowest BCUT2D eigenvalue weighted by Gasteiger charge is -2.35. The van der Waals surface area contributed by atoms with Crippen LogP contribution in [0, 0.1) is 0 Å². The molecular weight excluding hydrogens is 341 g/mol. The number of rotatable bonds is 4. The maximum absolute atomic E-state index is 12.7. The average Bonchev–Trinajstić information content (AvgIpc) is 3.06. The molecule has 0 unspecified atom stereocenters. The maximum Gasteiger partial charge on any atom is 0.427 e. The molecule has 3 rings (SSSR count). The van der Waals surface area contributed by atoms with Crippen molar-refractivity contribution in [3.63, 3.8) is 0 Å². The molecule has 0 spiro atoms. The van der Waals surface area contributed by atoms with Gasteiger partial charge >= 0.3 is 6.18 Å². The fourth-order valence-electron chi connectivity index (χ4n) is 2.48. The third-order valence-electron chi connectivity index (χ3n) is 3.65. The molecule has 1 fully saturated rings. The van der Waals surface area contributed by atoms with Gasteiger partial charge in [0.15, 0.2) is 5.13 Å². The van der Waals surface area contributed by atoms with E-state index in [1.807, 2.05) is 24.0 Å². The van der Waals surface area contributed by atoms with E-state index in [2.05, 4.69) is 14.9 Å². The molecule has 3 heterocycles. The van der Waals surface area contributed by atoms with E-state index in [-0.39, 0.29) is 0 Å². The predicted octanol–water partition coefficient (Wildman–Crippen LogP) is 3.28. The minimum Gasteiger partial charge on any atom is -0.478 e. The number of alkyl halides is 3. The molecule has 1 aliphatic rings. The Hall–Kier alpha value is -2.03. The van der Waals surface area contributed by atoms with Crippen LogP contribution in [0.4, 0.5) is 24.1 Å². The second kappa shape index (κ2) is 6.84. The van der Waals surface area contributed by atoms with Gasteiger partial charge in [0, 0.05) is 32.2 Å². The number of hydrogen-bond donors (Lipinski definition) is 0. The lowest BCUT2D eigenvalue weighted by atomic mass is 10.3. The molecule has 1 aliphatic heterocycles. The van der Waals surface area contributed by atoms with E-state index in [1.54, 1.807) is 6.07 Å². The number of thiazole rings is 1. The number of nitrogens with zero attached hydrogens (tertiary/aromatic N) is 4. The summed E-state index contributed by atoms with van der Waals surface area (Å²) in [7, 11) is 0. The molecule has 2 aromatic heterocycles. The van der Waals surface area contributed by atoms with Crippen LogP contribution in [0.5, 0.6) is 5.88 Å². The minimum atomic E-state index is -4.33. The summed E-state index contributed by atoms with van der Waals surface area (Å²) in [4.78, 5) is 11.7. The summed E-state index contributed by atoms with van der Waals surface area (Å²) in [5.41, 5.74) is 0. The van der Waals surface area contributed by atoms with Crippen LogP contribution >= 0.6 is 11.3 Å². The first-order valence-corrected chi connectivity index (χ1v) is 8.42. The zero-order valence-corrected chi connectivity index (χ0v) is 13.9. The highest BCUT2D eigenvalue weighted by atomic mass is 32.1. The first kappa shape index (κ1) is 16.8. The Morgan fingerprint density at radius 3 is 2.50 bits per heavy atom. The van der Waals surface area contributed by atoms with Gasteiger partial charge in [-0.25, -0.2) is 4.98 Å². The second-order valence-electron chi connectivity index (χ2n) is 5.25. The first-order valence-electron chi connectivity index (χ1n) is 7.60. The van der Waals surface area contributed by atoms with Crippen molar-refractivity contribution >= 4 is 22.3 Å². The van der Waals surface area contributed by atoms with E-state index in [0.717, 1.165) is 12.0 Å². The Balaban J connectivity index is 1.63. The molecule has 0 amide bonds. The van der Waals surface area contributed by atoms with Crippen molar-refractivity contribution in [1.82, 2.24) is 9.97 Å². The summed E-state index contributed by atoms with van der Waals surface area (Å²) in [6, 6.07) is 5.59. The molecule has 2 aromatic rings. The van der Waals surface area contributed by atoms with Crippen molar-refractivity contribution in [2.45, 2.75) is 13.1 Å². The van der Waals surface area contributed by atoms with Crippen LogP contribution in [0.25, 0.3) is 0 Å². The molecule has 0 bridgehead atoms. The number of pyridine rings is 1. The highest BCUT2D eigenvalue weighted by molar-refractivity contribution is 7.15. The summed E-state index contributed by atoms with van der Waals surface area (Å²) in [5, 5.41) is 0.415. The summed E-state index contributed by atoms with van der Waals surface area (Å²) in [6.45, 7) is 5.00. The van der Waals surface area contributed by atoms with Gasteiger partial charge in [-0.2, -0.15) is 18.2 Å². The Bertz CT molecular complexity index is 683. The third kappa shape index (κ3) is 3.72. The van der Waals surface area contributed by atoms with Gasteiger partial charge in [-0.1, -0.05) is 17.4 Å². The Labute approximate surface area is 141 Å². The highest BCUT2D eigenvalue weighted by Crippen LogP contribution is 2.36. The van der Waals surface area contributed by atoms with Gasteiger partial charge in [-0.05, 0) is 13.0 Å². The summed E-state index contributed by atoms with van der Waals surface area (Å²) in [5.74, 6) is 1.39. The largest absolute Gasteiger partial charge is 0.478 e. The van der Waals surface area contributed by atoms with Gasteiger partial charge < -0.3 is 14.5 Å². The van der Waals surface area contributed by atoms with E-state index in [0.29, 0.717) is 55.1 Å². The van der Waals surface area contributed by atoms with Crippen LogP contribution in [-0.2, 0) is 6.18 Å². The van der Waals surface area contributed by atoms with Gasteiger partial charge in [0.05, 0.1) is 12.8 Å². The number of ether oxygens (including phenoxy) is 1. The summed E-state index contributed by atoms with van der Waals surface area (Å²) in [6.07, 6.45) is -3.43. The first-order chi connectivity index (χ1) is 11.5. The molecule has 0 saturated carbocycles. The number of halogens is 3. The fourth-order valence-corrected chi connectivity index (χ4v) is 3.31. The summed E-state index contributed by atoms with van der Waals surface area (Å²) >= 11 is 0.688. The van der Waals surface area contributed by atoms with Crippen molar-refractivity contribution in [3.05, 3.63) is 29.3 Å². The lowest BCUT2D eigenvalue weighted by Crippen LogP contribution is -2.46. The second-order valence-corrected chi connectivity index (χ2v) is 6.26. The number of aromatic nitrogens is 2. The predicted molar refractivity (Wildman–Crippen MR) is 86.9 cm³/mol. The van der Waals surface area contributed by atoms with Crippen LogP contribution in [-0.4, -0.2) is 42.8 Å². The van der Waals surface area contributed by atoms with Crippen LogP contribution in [0.2, 0.25) is 0 Å². The Kier molecular flexibility index (Phi) is 4.79. The topological polar surface area (TPSA) is 41.5 Å². The average molecular weight is 358 g/mol. The Morgan fingerprint density at radius 2 is 1.88 bits per heavy atom. The molecular formula is C15H17F3N4OS. The fraction of sp³-hybridized carbons (Fsp3) is 0.467. The van der Waals surface area contributed by atoms with Crippen molar-refractivity contribution in [1.29, 1.82) is 0 Å². The van der Waals surface area contributed by atoms with E-state index in [9.17, 15) is 13.2 Å². The smallest absolute Gasteiger partial charge is 0.427 e. The molecule has 24 heavy (non-hydrogen) atoms. The van der Waals surface area contributed by atoms with Gasteiger partial charge in [0.25, 0.3) is 0 Å². The number of hydrogen-bond acceptors (Lipinski definition) is 6. The van der Waals surface area contributed by atoms with Crippen LogP contribution in [0.3, 0.4) is 0 Å². The van der Waals surface area contributed by atoms with Crippen molar-refractivity contribution in [3.8, 4) is 5.88 Å². The summed E-state index contributed by atoms with van der Waals surface area (Å²) < 4.78 is 43.4. The Morgan fingerprint density at radius 1 is 1.17 bits per heavy atom. The molecule has 1 saturated heterocycles. The van der Waals surface area contributed by atoms with Gasteiger partial charge in [0.1, 0.15) is 10.7 Å². The van der Waals surface area contributed by atoms with Crippen molar-refractivity contribution in [2.24, 2.45) is 0 Å². The normalized spacial score (nSPS) is 15.7. The van der Waals surface area contributed by atoms with Gasteiger partial charge in [-0.3, -0.25) is 0 Å². The molecule has 0 N–H and O–H groups in total. The lowest BCUT2D eigenvalue weighted by molar-refractivity contribution is -0.134. The van der Waals surface area contributed by atoms with Crippen LogP contribution in [0.15, 0.2) is 24.4 Å². The zero-order chi connectivity index (χ0) is 17.2. The quantitative estimate of drug-likeness (QED) is 0.839. The number of piperazine rings is 1. The number of anilines is 2. The molecule has 0 aliphatic carbocycles. The van der Waals surface area contributed by atoms with E-state index >= 15 is 0 Å². The molecule has 130 valence electrons. The zero-order valence-electron chi connectivity index (χ0n) is 13.1. The van der Waals surface area contributed by atoms with Gasteiger partial charge in [-0.15, -0.1) is 0 Å². The van der Waals surface area contributed by atoms with Crippen LogP contribution < -0.4 is 14.5 Å². The molecule has 5 nitrogen and oxygen atoms in total. The van der Waals surface area contributed by atoms with Crippen molar-refractivity contribution in [2.75, 3.05) is 42.6 Å². The SMILES string of the molecule is CCOc1cccc(N2CCN(c3ncc(C(F)(F)F)s3)CC2)n1. The van der Waals surface area contributed by atoms with Crippen molar-refractivity contribution < 1.29 is 17.9 Å². The van der Waals surface area contributed by atoms with Gasteiger partial charge in [0.2, 0.25) is 5.88 Å². The van der Waals surface area contributed by atoms with E-state index in [1.165, 1.54) is 0 Å². The molecule has 0 radical (unpaired) electrons.